The van der Waals surface area contributed by atoms with Crippen molar-refractivity contribution in [2.24, 2.45) is 0 Å². The summed E-state index contributed by atoms with van der Waals surface area (Å²) in [4.78, 5) is 28.3. The Hall–Kier alpha value is -2.11. The summed E-state index contributed by atoms with van der Waals surface area (Å²) in [7, 11) is 0. The number of rotatable bonds is 1. The van der Waals surface area contributed by atoms with Gasteiger partial charge in [-0.05, 0) is 26.8 Å². The highest BCUT2D eigenvalue weighted by atomic mass is 16.6. The molecule has 2 rings (SSSR count). The Kier molecular flexibility index (Phi) is 3.42. The van der Waals surface area contributed by atoms with E-state index in [4.69, 9.17) is 9.47 Å². The van der Waals surface area contributed by atoms with Crippen molar-refractivity contribution < 1.29 is 19.1 Å². The monoisotopic (exact) mass is 264 g/mol. The number of carbonyl (C=O) groups is 2. The van der Waals surface area contributed by atoms with E-state index in [2.05, 4.69) is 4.98 Å². The zero-order chi connectivity index (χ0) is 14.0. The molecule has 0 aliphatic carbocycles. The second-order valence-electron chi connectivity index (χ2n) is 5.19. The summed E-state index contributed by atoms with van der Waals surface area (Å²) < 4.78 is 10.7. The first-order valence-corrected chi connectivity index (χ1v) is 5.99. The molecule has 0 atom stereocenters. The molecule has 0 fully saturated rings. The van der Waals surface area contributed by atoms with Crippen LogP contribution in [0, 0.1) is 0 Å². The molecule has 0 saturated carbocycles. The molecule has 0 saturated heterocycles. The molecule has 0 N–H and O–H groups in total. The molecule has 1 aromatic heterocycles. The number of hydrogen-bond donors (Lipinski definition) is 0. The third-order valence-corrected chi connectivity index (χ3v) is 2.43. The summed E-state index contributed by atoms with van der Waals surface area (Å²) in [5.74, 6) is 0.799. The molecule has 0 radical (unpaired) electrons. The van der Waals surface area contributed by atoms with Crippen LogP contribution in [0.4, 0.5) is 10.6 Å². The Morgan fingerprint density at radius 1 is 1.53 bits per heavy atom. The van der Waals surface area contributed by atoms with Crippen molar-refractivity contribution in [3.63, 3.8) is 0 Å². The predicted molar refractivity (Wildman–Crippen MR) is 68.7 cm³/mol. The first kappa shape index (κ1) is 13.3. The van der Waals surface area contributed by atoms with Crippen LogP contribution >= 0.6 is 0 Å². The van der Waals surface area contributed by atoms with Crippen molar-refractivity contribution >= 4 is 18.2 Å². The van der Waals surface area contributed by atoms with Gasteiger partial charge in [0.15, 0.2) is 17.9 Å². The van der Waals surface area contributed by atoms with Crippen molar-refractivity contribution in [1.29, 1.82) is 0 Å². The van der Waals surface area contributed by atoms with Crippen molar-refractivity contribution in [2.45, 2.75) is 26.4 Å². The van der Waals surface area contributed by atoms with Gasteiger partial charge in [0, 0.05) is 11.8 Å². The van der Waals surface area contributed by atoms with Gasteiger partial charge in [0.25, 0.3) is 0 Å². The van der Waals surface area contributed by atoms with E-state index in [0.717, 1.165) is 0 Å². The van der Waals surface area contributed by atoms with Crippen LogP contribution in [-0.2, 0) is 4.74 Å². The van der Waals surface area contributed by atoms with E-state index in [1.54, 1.807) is 26.8 Å². The number of aldehydes is 1. The average molecular weight is 264 g/mol. The molecule has 102 valence electrons. The summed E-state index contributed by atoms with van der Waals surface area (Å²) in [5, 5.41) is 0. The quantitative estimate of drug-likeness (QED) is 0.726. The number of amides is 1. The van der Waals surface area contributed by atoms with Gasteiger partial charge in [-0.25, -0.2) is 9.78 Å². The summed E-state index contributed by atoms with van der Waals surface area (Å²) in [6, 6.07) is 1.56. The maximum atomic E-state index is 12.1. The van der Waals surface area contributed by atoms with E-state index >= 15 is 0 Å². The van der Waals surface area contributed by atoms with Crippen LogP contribution in [0.2, 0.25) is 0 Å². The third kappa shape index (κ3) is 3.01. The zero-order valence-corrected chi connectivity index (χ0v) is 11.2. The first-order valence-electron chi connectivity index (χ1n) is 5.99. The maximum Gasteiger partial charge on any atom is 0.416 e. The van der Waals surface area contributed by atoms with Gasteiger partial charge in [-0.15, -0.1) is 0 Å². The Balaban J connectivity index is 2.27. The number of pyridine rings is 1. The molecule has 1 aliphatic heterocycles. The van der Waals surface area contributed by atoms with Crippen LogP contribution in [0.15, 0.2) is 12.3 Å². The topological polar surface area (TPSA) is 68.7 Å². The number of carbonyl (C=O) groups excluding carboxylic acids is 2. The average Bonchev–Trinajstić information content (AvgIpc) is 2.35. The molecule has 0 unspecified atom stereocenters. The number of aromatic nitrogens is 1. The molecule has 2 heterocycles. The van der Waals surface area contributed by atoms with Crippen molar-refractivity contribution in [1.82, 2.24) is 4.98 Å². The molecule has 0 aromatic carbocycles. The summed E-state index contributed by atoms with van der Waals surface area (Å²) in [5.41, 5.74) is -0.164. The standard InChI is InChI=1S/C13H16N2O4/c1-13(2,3)19-12(17)15-4-5-18-10-6-9(8-16)7-14-11(10)15/h6-8H,4-5H2,1-3H3. The number of hydrogen-bond acceptors (Lipinski definition) is 5. The lowest BCUT2D eigenvalue weighted by molar-refractivity contribution is 0.0566. The van der Waals surface area contributed by atoms with Crippen LogP contribution < -0.4 is 9.64 Å². The molecule has 6 heteroatoms. The Morgan fingerprint density at radius 2 is 2.26 bits per heavy atom. The summed E-state index contributed by atoms with van der Waals surface area (Å²) in [6.45, 7) is 6.12. The molecule has 1 amide bonds. The van der Waals surface area contributed by atoms with Gasteiger partial charge in [0.2, 0.25) is 0 Å². The Labute approximate surface area is 111 Å². The highest BCUT2D eigenvalue weighted by Crippen LogP contribution is 2.30. The lowest BCUT2D eigenvalue weighted by Crippen LogP contribution is -2.42. The largest absolute Gasteiger partial charge is 0.488 e. The highest BCUT2D eigenvalue weighted by molar-refractivity contribution is 5.89. The first-order chi connectivity index (χ1) is 8.90. The van der Waals surface area contributed by atoms with E-state index in [1.165, 1.54) is 11.1 Å². The third-order valence-electron chi connectivity index (χ3n) is 2.43. The Bertz CT molecular complexity index is 508. The molecule has 19 heavy (non-hydrogen) atoms. The van der Waals surface area contributed by atoms with Gasteiger partial charge < -0.3 is 9.47 Å². The van der Waals surface area contributed by atoms with Crippen LogP contribution in [0.3, 0.4) is 0 Å². The van der Waals surface area contributed by atoms with Crippen LogP contribution in [-0.4, -0.2) is 36.1 Å². The molecule has 0 spiro atoms. The van der Waals surface area contributed by atoms with Crippen LogP contribution in [0.25, 0.3) is 0 Å². The fourth-order valence-electron chi connectivity index (χ4n) is 1.67. The van der Waals surface area contributed by atoms with Gasteiger partial charge in [-0.3, -0.25) is 9.69 Å². The molecule has 6 nitrogen and oxygen atoms in total. The fraction of sp³-hybridized carbons (Fsp3) is 0.462. The maximum absolute atomic E-state index is 12.1. The SMILES string of the molecule is CC(C)(C)OC(=O)N1CCOc2cc(C=O)cnc21. The zero-order valence-electron chi connectivity index (χ0n) is 11.2. The number of anilines is 1. The minimum absolute atomic E-state index is 0.343. The molecular formula is C13H16N2O4. The van der Waals surface area contributed by atoms with E-state index in [9.17, 15) is 9.59 Å². The minimum Gasteiger partial charge on any atom is -0.488 e. The molecule has 1 aromatic rings. The smallest absolute Gasteiger partial charge is 0.416 e. The van der Waals surface area contributed by atoms with Gasteiger partial charge in [-0.2, -0.15) is 0 Å². The number of ether oxygens (including phenoxy) is 2. The summed E-state index contributed by atoms with van der Waals surface area (Å²) in [6.07, 6.45) is 1.62. The molecule has 0 bridgehead atoms. The fourth-order valence-corrected chi connectivity index (χ4v) is 1.67. The summed E-state index contributed by atoms with van der Waals surface area (Å²) >= 11 is 0. The van der Waals surface area contributed by atoms with Crippen LogP contribution in [0.5, 0.6) is 5.75 Å². The molecule has 1 aliphatic rings. The lowest BCUT2D eigenvalue weighted by atomic mass is 10.2. The minimum atomic E-state index is -0.571. The van der Waals surface area contributed by atoms with E-state index in [0.29, 0.717) is 36.6 Å². The van der Waals surface area contributed by atoms with E-state index in [-0.39, 0.29) is 0 Å². The predicted octanol–water partition coefficient (Wildman–Crippen LogP) is 2.03. The Morgan fingerprint density at radius 3 is 2.89 bits per heavy atom. The second-order valence-corrected chi connectivity index (χ2v) is 5.19. The van der Waals surface area contributed by atoms with Gasteiger partial charge in [-0.1, -0.05) is 0 Å². The van der Waals surface area contributed by atoms with Gasteiger partial charge >= 0.3 is 6.09 Å². The normalized spacial score (nSPS) is 14.4. The number of fused-ring (bicyclic) bond motifs is 1. The van der Waals surface area contributed by atoms with Gasteiger partial charge in [0.05, 0.1) is 6.54 Å². The highest BCUT2D eigenvalue weighted by Gasteiger charge is 2.29. The van der Waals surface area contributed by atoms with Crippen molar-refractivity contribution in [3.8, 4) is 5.75 Å². The van der Waals surface area contributed by atoms with E-state index in [1.807, 2.05) is 0 Å². The van der Waals surface area contributed by atoms with Crippen LogP contribution in [0.1, 0.15) is 31.1 Å². The van der Waals surface area contributed by atoms with Gasteiger partial charge in [0.1, 0.15) is 12.2 Å². The number of nitrogens with zero attached hydrogens (tertiary/aromatic N) is 2. The van der Waals surface area contributed by atoms with Crippen molar-refractivity contribution in [3.05, 3.63) is 17.8 Å². The van der Waals surface area contributed by atoms with Crippen molar-refractivity contribution in [2.75, 3.05) is 18.1 Å². The lowest BCUT2D eigenvalue weighted by Gasteiger charge is -2.30. The second kappa shape index (κ2) is 4.87. The van der Waals surface area contributed by atoms with E-state index < -0.39 is 11.7 Å². The molecular weight excluding hydrogens is 248 g/mol.